The first-order valence-electron chi connectivity index (χ1n) is 9.06. The van der Waals surface area contributed by atoms with Crippen LogP contribution in [0, 0.1) is 0 Å². The van der Waals surface area contributed by atoms with Crippen LogP contribution in [-0.2, 0) is 9.53 Å². The van der Waals surface area contributed by atoms with E-state index >= 15 is 0 Å². The second-order valence-corrected chi connectivity index (χ2v) is 6.65. The smallest absolute Gasteiger partial charge is 0.356 e. The number of H-pyrrole nitrogens is 1. The van der Waals surface area contributed by atoms with E-state index in [-0.39, 0.29) is 11.6 Å². The van der Waals surface area contributed by atoms with E-state index < -0.39 is 5.97 Å². The number of piperidine rings is 1. The summed E-state index contributed by atoms with van der Waals surface area (Å²) in [7, 11) is 4.38. The van der Waals surface area contributed by atoms with Crippen LogP contribution in [-0.4, -0.2) is 57.8 Å². The summed E-state index contributed by atoms with van der Waals surface area (Å²) in [4.78, 5) is 29.1. The zero-order chi connectivity index (χ0) is 19.4. The van der Waals surface area contributed by atoms with Gasteiger partial charge in [0.05, 0.1) is 45.6 Å². The molecule has 0 radical (unpaired) electrons. The summed E-state index contributed by atoms with van der Waals surface area (Å²) in [5.41, 5.74) is 1.25. The molecule has 3 N–H and O–H groups in total. The third kappa shape index (κ3) is 4.00. The van der Waals surface area contributed by atoms with E-state index in [1.165, 1.54) is 32.7 Å². The number of anilines is 1. The summed E-state index contributed by atoms with van der Waals surface area (Å²) in [5.74, 6) is 0.355. The summed E-state index contributed by atoms with van der Waals surface area (Å²) in [6, 6.07) is 3.46. The average Bonchev–Trinajstić information content (AvgIpc) is 3.04. The number of aromatic amines is 1. The standard InChI is InChI=1S/C19H25N3O5/c1-25-14-9-12-13(10-15(14)26-2)20-18(19(24)27-3)17(12)21-16(23)11-22-7-5-4-6-8-22/h9-10,20H,4-8,11H2,1-3H3,(H,21,23)/p+1. The minimum atomic E-state index is -0.551. The second kappa shape index (κ2) is 8.30. The minimum absolute atomic E-state index is 0.132. The number of rotatable bonds is 6. The lowest BCUT2D eigenvalue weighted by Crippen LogP contribution is -3.13. The first-order valence-corrected chi connectivity index (χ1v) is 9.06. The molecule has 0 aliphatic carbocycles. The number of carbonyl (C=O) groups excluding carboxylic acids is 2. The van der Waals surface area contributed by atoms with Crippen LogP contribution in [0.5, 0.6) is 11.5 Å². The highest BCUT2D eigenvalue weighted by Crippen LogP contribution is 2.37. The molecule has 1 amide bonds. The topological polar surface area (TPSA) is 94.1 Å². The van der Waals surface area contributed by atoms with Crippen LogP contribution in [0.3, 0.4) is 0 Å². The highest BCUT2D eigenvalue weighted by atomic mass is 16.5. The molecule has 1 aromatic heterocycles. The van der Waals surface area contributed by atoms with Crippen LogP contribution in [0.25, 0.3) is 10.9 Å². The van der Waals surface area contributed by atoms with Crippen molar-refractivity contribution >= 4 is 28.5 Å². The Labute approximate surface area is 157 Å². The van der Waals surface area contributed by atoms with Crippen LogP contribution in [0.15, 0.2) is 12.1 Å². The van der Waals surface area contributed by atoms with Gasteiger partial charge >= 0.3 is 5.97 Å². The van der Waals surface area contributed by atoms with E-state index in [1.807, 2.05) is 0 Å². The van der Waals surface area contributed by atoms with E-state index in [2.05, 4.69) is 10.3 Å². The van der Waals surface area contributed by atoms with Crippen LogP contribution in [0.2, 0.25) is 0 Å². The van der Waals surface area contributed by atoms with Gasteiger partial charge in [-0.3, -0.25) is 4.79 Å². The van der Waals surface area contributed by atoms with Crippen molar-refractivity contribution < 1.29 is 28.7 Å². The third-order valence-corrected chi connectivity index (χ3v) is 4.93. The molecule has 2 heterocycles. The molecule has 1 aliphatic rings. The van der Waals surface area contributed by atoms with E-state index in [0.717, 1.165) is 25.9 Å². The number of fused-ring (bicyclic) bond motifs is 1. The third-order valence-electron chi connectivity index (χ3n) is 4.93. The SMILES string of the molecule is COC(=O)c1[nH]c2cc(OC)c(OC)cc2c1NC(=O)C[NH+]1CCCCC1. The molecule has 146 valence electrons. The van der Waals surface area contributed by atoms with Crippen molar-refractivity contribution in [2.45, 2.75) is 19.3 Å². The van der Waals surface area contributed by atoms with Gasteiger partial charge in [-0.15, -0.1) is 0 Å². The predicted octanol–water partition coefficient (Wildman–Crippen LogP) is 0.979. The van der Waals surface area contributed by atoms with Crippen molar-refractivity contribution in [2.24, 2.45) is 0 Å². The normalized spacial score (nSPS) is 14.8. The van der Waals surface area contributed by atoms with Crippen molar-refractivity contribution in [1.29, 1.82) is 0 Å². The number of amides is 1. The summed E-state index contributed by atoms with van der Waals surface area (Å²) < 4.78 is 15.5. The number of ether oxygens (including phenoxy) is 3. The largest absolute Gasteiger partial charge is 0.493 e. The molecule has 8 heteroatoms. The maximum atomic E-state index is 12.6. The molecule has 8 nitrogen and oxygen atoms in total. The van der Waals surface area contributed by atoms with Gasteiger partial charge in [-0.05, 0) is 25.3 Å². The Balaban J connectivity index is 1.95. The van der Waals surface area contributed by atoms with Crippen LogP contribution < -0.4 is 19.7 Å². The summed E-state index contributed by atoms with van der Waals surface area (Å²) in [6.07, 6.45) is 3.50. The first-order chi connectivity index (χ1) is 13.1. The van der Waals surface area contributed by atoms with Gasteiger partial charge in [-0.1, -0.05) is 0 Å². The molecular weight excluding hydrogens is 350 g/mol. The number of benzene rings is 1. The Morgan fingerprint density at radius 1 is 1.07 bits per heavy atom. The minimum Gasteiger partial charge on any atom is -0.493 e. The lowest BCUT2D eigenvalue weighted by molar-refractivity contribution is -0.896. The molecule has 0 unspecified atom stereocenters. The molecule has 0 bridgehead atoms. The van der Waals surface area contributed by atoms with Crippen molar-refractivity contribution in [3.05, 3.63) is 17.8 Å². The summed E-state index contributed by atoms with van der Waals surface area (Å²) in [6.45, 7) is 2.37. The number of quaternary nitrogens is 1. The fourth-order valence-corrected chi connectivity index (χ4v) is 3.55. The fourth-order valence-electron chi connectivity index (χ4n) is 3.55. The van der Waals surface area contributed by atoms with Gasteiger partial charge in [0.1, 0.15) is 5.69 Å². The fraction of sp³-hybridized carbons (Fsp3) is 0.474. The predicted molar refractivity (Wildman–Crippen MR) is 101 cm³/mol. The maximum Gasteiger partial charge on any atom is 0.356 e. The molecule has 27 heavy (non-hydrogen) atoms. The molecule has 0 atom stereocenters. The van der Waals surface area contributed by atoms with Gasteiger partial charge in [-0.2, -0.15) is 0 Å². The lowest BCUT2D eigenvalue weighted by atomic mass is 10.1. The number of aromatic nitrogens is 1. The molecule has 0 spiro atoms. The number of hydrogen-bond donors (Lipinski definition) is 3. The number of nitrogens with one attached hydrogen (secondary N) is 3. The van der Waals surface area contributed by atoms with E-state index in [1.54, 1.807) is 12.1 Å². The Hall–Kier alpha value is -2.74. The van der Waals surface area contributed by atoms with Crippen LogP contribution in [0.4, 0.5) is 5.69 Å². The maximum absolute atomic E-state index is 12.6. The quantitative estimate of drug-likeness (QED) is 0.654. The number of esters is 1. The van der Waals surface area contributed by atoms with Crippen LogP contribution in [0.1, 0.15) is 29.8 Å². The number of methoxy groups -OCH3 is 3. The number of carbonyl (C=O) groups is 2. The lowest BCUT2D eigenvalue weighted by Gasteiger charge is -2.22. The Bertz CT molecular complexity index is 839. The zero-order valence-electron chi connectivity index (χ0n) is 15.9. The summed E-state index contributed by atoms with van der Waals surface area (Å²) in [5, 5.41) is 3.56. The van der Waals surface area contributed by atoms with Crippen molar-refractivity contribution in [3.63, 3.8) is 0 Å². The average molecular weight is 376 g/mol. The molecular formula is C19H26N3O5+. The molecule has 1 saturated heterocycles. The Kier molecular flexibility index (Phi) is 5.85. The van der Waals surface area contributed by atoms with Crippen molar-refractivity contribution in [2.75, 3.05) is 46.3 Å². The molecule has 2 aromatic rings. The molecule has 0 saturated carbocycles. The van der Waals surface area contributed by atoms with E-state index in [4.69, 9.17) is 14.2 Å². The van der Waals surface area contributed by atoms with Gasteiger partial charge in [0, 0.05) is 11.5 Å². The molecule has 1 fully saturated rings. The van der Waals surface area contributed by atoms with Crippen LogP contribution >= 0.6 is 0 Å². The van der Waals surface area contributed by atoms with Gasteiger partial charge in [0.15, 0.2) is 18.0 Å². The van der Waals surface area contributed by atoms with Gasteiger partial charge in [0.25, 0.3) is 5.91 Å². The highest BCUT2D eigenvalue weighted by Gasteiger charge is 2.24. The monoisotopic (exact) mass is 376 g/mol. The summed E-state index contributed by atoms with van der Waals surface area (Å²) >= 11 is 0. The number of likely N-dealkylation sites (tertiary alicyclic amines) is 1. The second-order valence-electron chi connectivity index (χ2n) is 6.65. The molecule has 3 rings (SSSR count). The van der Waals surface area contributed by atoms with E-state index in [0.29, 0.717) is 34.6 Å². The zero-order valence-corrected chi connectivity index (χ0v) is 15.9. The van der Waals surface area contributed by atoms with Gasteiger partial charge < -0.3 is 29.4 Å². The molecule has 1 aromatic carbocycles. The van der Waals surface area contributed by atoms with Gasteiger partial charge in [0.2, 0.25) is 0 Å². The Morgan fingerprint density at radius 3 is 2.37 bits per heavy atom. The number of hydrogen-bond acceptors (Lipinski definition) is 5. The Morgan fingerprint density at radius 2 is 1.74 bits per heavy atom. The highest BCUT2D eigenvalue weighted by molar-refractivity contribution is 6.11. The van der Waals surface area contributed by atoms with Crippen molar-refractivity contribution in [1.82, 2.24) is 4.98 Å². The van der Waals surface area contributed by atoms with Gasteiger partial charge in [-0.25, -0.2) is 4.79 Å². The van der Waals surface area contributed by atoms with Crippen molar-refractivity contribution in [3.8, 4) is 11.5 Å². The van der Waals surface area contributed by atoms with E-state index in [9.17, 15) is 9.59 Å². The molecule has 1 aliphatic heterocycles. The first kappa shape index (κ1) is 19.0.